The van der Waals surface area contributed by atoms with E-state index in [1.165, 1.54) is 23.1 Å². The van der Waals surface area contributed by atoms with Gasteiger partial charge in [0.1, 0.15) is 11.5 Å². The van der Waals surface area contributed by atoms with Gasteiger partial charge < -0.3 is 10.0 Å². The molecule has 0 bridgehead atoms. The summed E-state index contributed by atoms with van der Waals surface area (Å²) in [4.78, 5) is 17.5. The first-order chi connectivity index (χ1) is 11.8. The molecular weight excluding hydrogens is 340 g/mol. The van der Waals surface area contributed by atoms with Crippen molar-refractivity contribution in [1.29, 1.82) is 0 Å². The fourth-order valence-corrected chi connectivity index (χ4v) is 2.93. The predicted octanol–water partition coefficient (Wildman–Crippen LogP) is 3.19. The van der Waals surface area contributed by atoms with Crippen LogP contribution in [0.15, 0.2) is 42.6 Å². The van der Waals surface area contributed by atoms with Gasteiger partial charge in [-0.15, -0.1) is 0 Å². The topological polar surface area (TPSA) is 53.4 Å². The second-order valence-corrected chi connectivity index (χ2v) is 5.85. The first-order valence-electron chi connectivity index (χ1n) is 7.53. The normalized spacial score (nSPS) is 20.8. The van der Waals surface area contributed by atoms with Crippen LogP contribution in [-0.4, -0.2) is 33.5 Å². The number of alkyl halides is 3. The van der Waals surface area contributed by atoms with Gasteiger partial charge in [0.25, 0.3) is 5.91 Å². The number of likely N-dealkylation sites (tertiary alicyclic amines) is 1. The number of β-amino-alcohol motifs (C(OH)–C–C–N with tert-alkyl or cyclic N) is 1. The fraction of sp³-hybridized carbons (Fsp3) is 0.294. The van der Waals surface area contributed by atoms with Gasteiger partial charge in [-0.25, -0.2) is 9.37 Å². The number of carbonyl (C=O) groups excluding carboxylic acids is 1. The minimum Gasteiger partial charge on any atom is -0.391 e. The van der Waals surface area contributed by atoms with Crippen LogP contribution in [0.1, 0.15) is 34.1 Å². The van der Waals surface area contributed by atoms with Gasteiger partial charge >= 0.3 is 6.18 Å². The van der Waals surface area contributed by atoms with Crippen molar-refractivity contribution >= 4 is 5.91 Å². The molecule has 2 atom stereocenters. The highest BCUT2D eigenvalue weighted by molar-refractivity contribution is 5.92. The summed E-state index contributed by atoms with van der Waals surface area (Å²) >= 11 is 0. The highest BCUT2D eigenvalue weighted by atomic mass is 19.4. The van der Waals surface area contributed by atoms with Crippen LogP contribution in [0, 0.1) is 5.82 Å². The van der Waals surface area contributed by atoms with E-state index in [0.29, 0.717) is 0 Å². The highest BCUT2D eigenvalue weighted by Gasteiger charge is 2.38. The number of aliphatic hydroxyl groups is 1. The zero-order valence-corrected chi connectivity index (χ0v) is 12.9. The van der Waals surface area contributed by atoms with Crippen LogP contribution in [0.25, 0.3) is 0 Å². The Morgan fingerprint density at radius 2 is 2.00 bits per heavy atom. The quantitative estimate of drug-likeness (QED) is 0.843. The molecular formula is C17H14F4N2O2. The van der Waals surface area contributed by atoms with E-state index in [1.54, 1.807) is 0 Å². The summed E-state index contributed by atoms with van der Waals surface area (Å²) in [6, 6.07) is 6.23. The monoisotopic (exact) mass is 354 g/mol. The molecule has 1 aliphatic heterocycles. The van der Waals surface area contributed by atoms with E-state index < -0.39 is 35.6 Å². The summed E-state index contributed by atoms with van der Waals surface area (Å²) in [5, 5.41) is 9.90. The second-order valence-electron chi connectivity index (χ2n) is 5.85. The van der Waals surface area contributed by atoms with Crippen molar-refractivity contribution in [2.24, 2.45) is 0 Å². The average molecular weight is 354 g/mol. The first-order valence-corrected chi connectivity index (χ1v) is 7.53. The molecule has 0 radical (unpaired) electrons. The highest BCUT2D eigenvalue weighted by Crippen LogP contribution is 2.36. The third kappa shape index (κ3) is 3.63. The number of rotatable bonds is 2. The number of halogens is 4. The molecule has 4 nitrogen and oxygen atoms in total. The summed E-state index contributed by atoms with van der Waals surface area (Å²) in [5.74, 6) is -1.17. The number of aliphatic hydroxyl groups excluding tert-OH is 1. The van der Waals surface area contributed by atoms with E-state index in [0.717, 1.165) is 24.4 Å². The third-order valence-corrected chi connectivity index (χ3v) is 4.09. The molecule has 1 aliphatic rings. The number of aromatic nitrogens is 1. The molecule has 8 heteroatoms. The van der Waals surface area contributed by atoms with Gasteiger partial charge in [0.05, 0.1) is 23.9 Å². The largest absolute Gasteiger partial charge is 0.416 e. The Hall–Kier alpha value is -2.48. The number of pyridine rings is 1. The van der Waals surface area contributed by atoms with Crippen LogP contribution < -0.4 is 0 Å². The van der Waals surface area contributed by atoms with E-state index in [1.807, 2.05) is 0 Å². The molecule has 1 N–H and O–H groups in total. The van der Waals surface area contributed by atoms with Gasteiger partial charge in [-0.2, -0.15) is 13.2 Å². The fourth-order valence-electron chi connectivity index (χ4n) is 2.93. The molecule has 0 spiro atoms. The van der Waals surface area contributed by atoms with Crippen molar-refractivity contribution in [1.82, 2.24) is 9.88 Å². The Morgan fingerprint density at radius 3 is 2.64 bits per heavy atom. The van der Waals surface area contributed by atoms with Crippen LogP contribution in [0.3, 0.4) is 0 Å². The van der Waals surface area contributed by atoms with Gasteiger partial charge in [0, 0.05) is 6.54 Å². The summed E-state index contributed by atoms with van der Waals surface area (Å²) in [7, 11) is 0. The van der Waals surface area contributed by atoms with Crippen LogP contribution in [-0.2, 0) is 6.18 Å². The van der Waals surface area contributed by atoms with Crippen LogP contribution in [0.5, 0.6) is 0 Å². The Bertz CT molecular complexity index is 777. The van der Waals surface area contributed by atoms with Crippen LogP contribution in [0.2, 0.25) is 0 Å². The molecule has 1 amide bonds. The number of hydrogen-bond acceptors (Lipinski definition) is 3. The van der Waals surface area contributed by atoms with E-state index >= 15 is 0 Å². The number of carbonyl (C=O) groups is 1. The SMILES string of the molecule is O=C(c1ccc(F)cn1)N1C[C@H](O)C[C@@H]1c1cccc(C(F)(F)F)c1. The van der Waals surface area contributed by atoms with Crippen molar-refractivity contribution in [3.05, 3.63) is 65.2 Å². The lowest BCUT2D eigenvalue weighted by Crippen LogP contribution is -2.32. The van der Waals surface area contributed by atoms with Gasteiger partial charge in [0.15, 0.2) is 0 Å². The Kier molecular flexibility index (Phi) is 4.47. The number of hydrogen-bond donors (Lipinski definition) is 1. The Morgan fingerprint density at radius 1 is 1.24 bits per heavy atom. The summed E-state index contributed by atoms with van der Waals surface area (Å²) in [5.41, 5.74) is -0.576. The maximum absolute atomic E-state index is 13.0. The van der Waals surface area contributed by atoms with Gasteiger partial charge in [0.2, 0.25) is 0 Å². The van der Waals surface area contributed by atoms with Gasteiger partial charge in [-0.3, -0.25) is 4.79 Å². The molecule has 1 aromatic carbocycles. The number of nitrogens with zero attached hydrogens (tertiary/aromatic N) is 2. The molecule has 25 heavy (non-hydrogen) atoms. The standard InChI is InChI=1S/C17H14F4N2O2/c18-12-4-5-14(22-8-12)16(25)23-9-13(24)7-15(23)10-2-1-3-11(6-10)17(19,20)21/h1-6,8,13,15,24H,7,9H2/t13-,15-/m1/s1. The second kappa shape index (κ2) is 6.44. The van der Waals surface area contributed by atoms with Crippen molar-refractivity contribution < 1.29 is 27.5 Å². The molecule has 2 aromatic rings. The Labute approximate surface area is 140 Å². The van der Waals surface area contributed by atoms with E-state index in [-0.39, 0.29) is 24.2 Å². The molecule has 132 valence electrons. The number of amides is 1. The van der Waals surface area contributed by atoms with E-state index in [4.69, 9.17) is 0 Å². The van der Waals surface area contributed by atoms with E-state index in [9.17, 15) is 27.5 Å². The number of benzene rings is 1. The molecule has 1 fully saturated rings. The third-order valence-electron chi connectivity index (χ3n) is 4.09. The van der Waals surface area contributed by atoms with Crippen molar-refractivity contribution in [2.75, 3.05) is 6.54 Å². The minimum atomic E-state index is -4.50. The smallest absolute Gasteiger partial charge is 0.391 e. The molecule has 0 saturated carbocycles. The molecule has 3 rings (SSSR count). The van der Waals surface area contributed by atoms with Gasteiger partial charge in [-0.1, -0.05) is 12.1 Å². The molecule has 1 aromatic heterocycles. The zero-order valence-electron chi connectivity index (χ0n) is 12.9. The van der Waals surface area contributed by atoms with Crippen molar-refractivity contribution in [2.45, 2.75) is 24.7 Å². The molecule has 0 aliphatic carbocycles. The van der Waals surface area contributed by atoms with Crippen molar-refractivity contribution in [3.63, 3.8) is 0 Å². The van der Waals surface area contributed by atoms with Gasteiger partial charge in [-0.05, 0) is 36.2 Å². The van der Waals surface area contributed by atoms with Crippen LogP contribution in [0.4, 0.5) is 17.6 Å². The summed E-state index contributed by atoms with van der Waals surface area (Å²) in [6.45, 7) is -0.0290. The lowest BCUT2D eigenvalue weighted by molar-refractivity contribution is -0.137. The maximum atomic E-state index is 13.0. The molecule has 2 heterocycles. The Balaban J connectivity index is 1.92. The molecule has 0 unspecified atom stereocenters. The van der Waals surface area contributed by atoms with Crippen LogP contribution >= 0.6 is 0 Å². The lowest BCUT2D eigenvalue weighted by Gasteiger charge is -2.25. The summed E-state index contributed by atoms with van der Waals surface area (Å²) in [6.07, 6.45) is -4.35. The predicted molar refractivity (Wildman–Crippen MR) is 80.0 cm³/mol. The molecule has 1 saturated heterocycles. The first kappa shape index (κ1) is 17.3. The lowest BCUT2D eigenvalue weighted by atomic mass is 10.0. The zero-order chi connectivity index (χ0) is 18.2. The minimum absolute atomic E-state index is 0.0290. The van der Waals surface area contributed by atoms with E-state index in [2.05, 4.69) is 4.98 Å². The average Bonchev–Trinajstić information content (AvgIpc) is 2.96. The van der Waals surface area contributed by atoms with Crippen molar-refractivity contribution in [3.8, 4) is 0 Å². The maximum Gasteiger partial charge on any atom is 0.416 e. The summed E-state index contributed by atoms with van der Waals surface area (Å²) < 4.78 is 51.7.